The number of rotatable bonds is 3. The predicted molar refractivity (Wildman–Crippen MR) is 157 cm³/mol. The summed E-state index contributed by atoms with van der Waals surface area (Å²) in [4.78, 5) is 71.6. The third-order valence-corrected chi connectivity index (χ3v) is 6.39. The molecule has 0 aliphatic carbocycles. The molecule has 2 atom stereocenters. The zero-order valence-corrected chi connectivity index (χ0v) is 27.6. The van der Waals surface area contributed by atoms with Gasteiger partial charge in [0.15, 0.2) is 11.1 Å². The number of aromatic nitrogens is 2. The highest BCUT2D eigenvalue weighted by Gasteiger charge is 2.63. The summed E-state index contributed by atoms with van der Waals surface area (Å²) in [5.41, 5.74) is 0.741. The van der Waals surface area contributed by atoms with Crippen LogP contribution in [0.4, 0.5) is 14.4 Å². The zero-order valence-electron chi connectivity index (χ0n) is 24.4. The molecule has 3 heterocycles. The molecular weight excluding hydrogens is 682 g/mol. The molecule has 2 aromatic rings. The van der Waals surface area contributed by atoms with E-state index in [1.807, 2.05) is 0 Å². The first-order valence-electron chi connectivity index (χ1n) is 12.5. The summed E-state index contributed by atoms with van der Waals surface area (Å²) in [6.07, 6.45) is -2.26. The van der Waals surface area contributed by atoms with E-state index in [2.05, 4.69) is 41.8 Å². The van der Waals surface area contributed by atoms with Crippen LogP contribution in [0.3, 0.4) is 0 Å². The summed E-state index contributed by atoms with van der Waals surface area (Å²) in [6.45, 7) is 12.4. The van der Waals surface area contributed by atoms with Crippen LogP contribution in [0.1, 0.15) is 66.8 Å². The Bertz CT molecular complexity index is 1400. The van der Waals surface area contributed by atoms with E-state index in [-0.39, 0.29) is 5.69 Å². The van der Waals surface area contributed by atoms with Crippen molar-refractivity contribution in [3.63, 3.8) is 0 Å². The average Bonchev–Trinajstić information content (AvgIpc) is 3.03. The van der Waals surface area contributed by atoms with E-state index in [0.29, 0.717) is 24.7 Å². The predicted octanol–water partition coefficient (Wildman–Crippen LogP) is 5.30. The molecule has 3 N–H and O–H groups in total. The number of carbonyl (C=O) groups is 5. The van der Waals surface area contributed by atoms with Crippen molar-refractivity contribution < 1.29 is 38.6 Å². The van der Waals surface area contributed by atoms with Gasteiger partial charge < -0.3 is 20.3 Å². The molecule has 2 unspecified atom stereocenters. The van der Waals surface area contributed by atoms with Crippen molar-refractivity contribution in [2.45, 2.75) is 77.7 Å². The SMILES string of the molecule is CC(C)(C)OC(=O)N1C(=O)N(C(=O)OC(C)(C)C)C(C)(c2cccc(Br)n2)C1=O.CC(N)(C(=O)O)c1cccc(Br)n1. The summed E-state index contributed by atoms with van der Waals surface area (Å²) in [5, 5.41) is 8.81. The maximum absolute atomic E-state index is 13.3. The van der Waals surface area contributed by atoms with Crippen LogP contribution >= 0.6 is 31.9 Å². The van der Waals surface area contributed by atoms with Crippen LogP contribution in [-0.4, -0.2) is 66.2 Å². The van der Waals surface area contributed by atoms with Crippen molar-refractivity contribution in [1.82, 2.24) is 19.8 Å². The first-order chi connectivity index (χ1) is 19.0. The van der Waals surface area contributed by atoms with Crippen molar-refractivity contribution in [3.8, 4) is 0 Å². The number of pyridine rings is 2. The number of halogens is 2. The van der Waals surface area contributed by atoms with Gasteiger partial charge in [0.25, 0.3) is 5.91 Å². The molecule has 42 heavy (non-hydrogen) atoms. The molecule has 1 aliphatic heterocycles. The minimum Gasteiger partial charge on any atom is -0.480 e. The normalized spacial score (nSPS) is 18.5. The average molecular weight is 715 g/mol. The minimum atomic E-state index is -1.90. The molecule has 0 spiro atoms. The van der Waals surface area contributed by atoms with Gasteiger partial charge in [0.2, 0.25) is 0 Å². The van der Waals surface area contributed by atoms with E-state index in [0.717, 1.165) is 0 Å². The van der Waals surface area contributed by atoms with Crippen LogP contribution in [0.15, 0.2) is 45.6 Å². The number of nitrogens with zero attached hydrogens (tertiary/aromatic N) is 4. The highest BCUT2D eigenvalue weighted by molar-refractivity contribution is 9.10. The van der Waals surface area contributed by atoms with Gasteiger partial charge in [-0.1, -0.05) is 12.1 Å². The van der Waals surface area contributed by atoms with Gasteiger partial charge in [-0.05, 0) is 112 Å². The lowest BCUT2D eigenvalue weighted by Gasteiger charge is -2.31. The summed E-state index contributed by atoms with van der Waals surface area (Å²) >= 11 is 6.35. The first-order valence-corrected chi connectivity index (χ1v) is 14.0. The third kappa shape index (κ3) is 7.89. The van der Waals surface area contributed by atoms with Crippen molar-refractivity contribution in [2.75, 3.05) is 0 Å². The highest BCUT2D eigenvalue weighted by Crippen LogP contribution is 2.38. The molecule has 3 rings (SSSR count). The molecule has 1 saturated heterocycles. The number of aliphatic carboxylic acids is 1. The fourth-order valence-corrected chi connectivity index (χ4v) is 4.13. The second kappa shape index (κ2) is 12.4. The maximum Gasteiger partial charge on any atom is 0.425 e. The molecule has 0 bridgehead atoms. The Morgan fingerprint density at radius 3 is 1.79 bits per heavy atom. The lowest BCUT2D eigenvalue weighted by atomic mass is 9.95. The number of carbonyl (C=O) groups excluding carboxylic acids is 4. The largest absolute Gasteiger partial charge is 0.480 e. The second-order valence-corrected chi connectivity index (χ2v) is 13.1. The molecule has 5 amide bonds. The molecule has 0 radical (unpaired) electrons. The van der Waals surface area contributed by atoms with E-state index in [9.17, 15) is 24.0 Å². The van der Waals surface area contributed by atoms with Crippen LogP contribution in [0.25, 0.3) is 0 Å². The van der Waals surface area contributed by atoms with Gasteiger partial charge in [-0.2, -0.15) is 4.90 Å². The van der Waals surface area contributed by atoms with Gasteiger partial charge in [0.1, 0.15) is 20.4 Å². The van der Waals surface area contributed by atoms with Crippen LogP contribution < -0.4 is 5.73 Å². The van der Waals surface area contributed by atoms with Crippen molar-refractivity contribution in [1.29, 1.82) is 0 Å². The quantitative estimate of drug-likeness (QED) is 0.311. The Morgan fingerprint density at radius 1 is 0.857 bits per heavy atom. The Morgan fingerprint density at radius 2 is 1.33 bits per heavy atom. The molecule has 1 fully saturated rings. The van der Waals surface area contributed by atoms with E-state index in [4.69, 9.17) is 20.3 Å². The summed E-state index contributed by atoms with van der Waals surface area (Å²) in [6, 6.07) is 8.52. The molecule has 2 aromatic heterocycles. The number of imide groups is 4. The zero-order chi connectivity index (χ0) is 32.4. The van der Waals surface area contributed by atoms with E-state index in [1.165, 1.54) is 19.9 Å². The smallest absolute Gasteiger partial charge is 0.425 e. The standard InChI is InChI=1S/C19H24BrN3O6.C8H9BrN2O2/c1-17(2,3)28-15(26)22-13(24)19(7,11-9-8-10-12(20)21-11)23(14(22)25)16(27)29-18(4,5)6;1-8(10,7(12)13)5-3-2-4-6(9)11-5/h8-10H,1-7H3;2-4H,10H2,1H3,(H,12,13). The molecule has 228 valence electrons. The van der Waals surface area contributed by atoms with Crippen molar-refractivity contribution in [2.24, 2.45) is 5.73 Å². The molecule has 0 aromatic carbocycles. The maximum atomic E-state index is 13.3. The monoisotopic (exact) mass is 713 g/mol. The first kappa shape index (κ1) is 34.8. The Labute approximate surface area is 260 Å². The molecule has 1 aliphatic rings. The lowest BCUT2D eigenvalue weighted by Crippen LogP contribution is -2.50. The van der Waals surface area contributed by atoms with Gasteiger partial charge in [0, 0.05) is 0 Å². The number of hydrogen-bond acceptors (Lipinski definition) is 10. The van der Waals surface area contributed by atoms with E-state index in [1.54, 1.807) is 71.9 Å². The number of amides is 5. The Kier molecular flexibility index (Phi) is 10.3. The summed E-state index contributed by atoms with van der Waals surface area (Å²) < 4.78 is 11.5. The van der Waals surface area contributed by atoms with Gasteiger partial charge in [-0.3, -0.25) is 4.79 Å². The van der Waals surface area contributed by atoms with Crippen LogP contribution in [0, 0.1) is 0 Å². The number of carboxylic acids is 1. The highest BCUT2D eigenvalue weighted by atomic mass is 79.9. The van der Waals surface area contributed by atoms with Gasteiger partial charge in [-0.25, -0.2) is 34.0 Å². The number of carboxylic acid groups (broad SMARTS) is 1. The molecule has 0 saturated carbocycles. The topological polar surface area (TPSA) is 182 Å². The van der Waals surface area contributed by atoms with Crippen molar-refractivity contribution >= 4 is 62.0 Å². The second-order valence-electron chi connectivity index (χ2n) is 11.5. The summed E-state index contributed by atoms with van der Waals surface area (Å²) in [5.74, 6) is -2.06. The van der Waals surface area contributed by atoms with Crippen LogP contribution in [-0.2, 0) is 30.1 Å². The van der Waals surface area contributed by atoms with Crippen LogP contribution in [0.5, 0.6) is 0 Å². The number of urea groups is 1. The van der Waals surface area contributed by atoms with Gasteiger partial charge in [-0.15, -0.1) is 0 Å². The number of ether oxygens (including phenoxy) is 2. The summed E-state index contributed by atoms with van der Waals surface area (Å²) in [7, 11) is 0. The number of nitrogens with two attached hydrogens (primary N) is 1. The minimum absolute atomic E-state index is 0.0853. The fourth-order valence-electron chi connectivity index (χ4n) is 3.44. The van der Waals surface area contributed by atoms with E-state index >= 15 is 0 Å². The molecule has 15 heteroatoms. The third-order valence-electron chi connectivity index (χ3n) is 5.51. The van der Waals surface area contributed by atoms with Gasteiger partial charge in [0.05, 0.1) is 11.4 Å². The molecular formula is C27H33Br2N5O8. The van der Waals surface area contributed by atoms with Crippen molar-refractivity contribution in [3.05, 3.63) is 57.0 Å². The Balaban J connectivity index is 0.000000395. The Hall–Kier alpha value is -3.43. The van der Waals surface area contributed by atoms with Crippen LogP contribution in [0.2, 0.25) is 0 Å². The number of hydrogen-bond donors (Lipinski definition) is 2. The lowest BCUT2D eigenvalue weighted by molar-refractivity contribution is -0.143. The van der Waals surface area contributed by atoms with Gasteiger partial charge >= 0.3 is 24.2 Å². The molecule has 13 nitrogen and oxygen atoms in total. The fraction of sp³-hybridized carbons (Fsp3) is 0.444. The van der Waals surface area contributed by atoms with E-state index < -0.39 is 52.4 Å².